The highest BCUT2D eigenvalue weighted by molar-refractivity contribution is 9.10. The lowest BCUT2D eigenvalue weighted by atomic mass is 9.91. The highest BCUT2D eigenvalue weighted by atomic mass is 79.9. The Kier molecular flexibility index (Phi) is 4.13. The highest BCUT2D eigenvalue weighted by Crippen LogP contribution is 2.59. The molecular formula is C14H17BrO5. The first kappa shape index (κ1) is 15.0. The lowest BCUT2D eigenvalue weighted by Gasteiger charge is -2.22. The van der Waals surface area contributed by atoms with Crippen LogP contribution in [0.2, 0.25) is 0 Å². The van der Waals surface area contributed by atoms with Gasteiger partial charge in [-0.3, -0.25) is 4.79 Å². The molecule has 1 aromatic rings. The van der Waals surface area contributed by atoms with Crippen LogP contribution in [0.3, 0.4) is 0 Å². The van der Waals surface area contributed by atoms with Gasteiger partial charge in [-0.05, 0) is 18.9 Å². The van der Waals surface area contributed by atoms with E-state index in [0.717, 1.165) is 22.9 Å². The molecule has 1 aromatic carbocycles. The molecule has 20 heavy (non-hydrogen) atoms. The average Bonchev–Trinajstić information content (AvgIpc) is 3.16. The van der Waals surface area contributed by atoms with Gasteiger partial charge in [-0.2, -0.15) is 0 Å². The van der Waals surface area contributed by atoms with Gasteiger partial charge in [0.1, 0.15) is 0 Å². The predicted molar refractivity (Wildman–Crippen MR) is 77.0 cm³/mol. The van der Waals surface area contributed by atoms with Gasteiger partial charge in [0.25, 0.3) is 0 Å². The maximum absolute atomic E-state index is 11.1. The minimum atomic E-state index is -0.814. The Balaban J connectivity index is 2.61. The molecule has 0 amide bonds. The monoisotopic (exact) mass is 344 g/mol. The number of ether oxygens (including phenoxy) is 3. The molecule has 0 radical (unpaired) electrons. The first-order valence-electron chi connectivity index (χ1n) is 6.20. The van der Waals surface area contributed by atoms with Gasteiger partial charge in [-0.1, -0.05) is 15.9 Å². The topological polar surface area (TPSA) is 65.0 Å². The lowest BCUT2D eigenvalue weighted by molar-refractivity contribution is -0.137. The second-order valence-electron chi connectivity index (χ2n) is 4.85. The molecule has 1 aliphatic carbocycles. The number of rotatable bonds is 6. The fourth-order valence-corrected chi connectivity index (χ4v) is 3.38. The second-order valence-corrected chi connectivity index (χ2v) is 5.71. The van der Waals surface area contributed by atoms with Gasteiger partial charge in [0.05, 0.1) is 27.8 Å². The highest BCUT2D eigenvalue weighted by Gasteiger charge is 2.50. The molecular weight excluding hydrogens is 328 g/mol. The number of benzene rings is 1. The molecule has 1 aliphatic rings. The number of halogens is 1. The fourth-order valence-electron chi connectivity index (χ4n) is 2.58. The van der Waals surface area contributed by atoms with E-state index in [1.165, 1.54) is 7.11 Å². The summed E-state index contributed by atoms with van der Waals surface area (Å²) >= 11 is 3.50. The Bertz CT molecular complexity index is 537. The van der Waals surface area contributed by atoms with Crippen LogP contribution in [0.5, 0.6) is 17.2 Å². The van der Waals surface area contributed by atoms with Gasteiger partial charge >= 0.3 is 5.97 Å². The summed E-state index contributed by atoms with van der Waals surface area (Å²) < 4.78 is 16.9. The standard InChI is InChI=1S/C14H17BrO5/c1-18-9-6-8(15)11(13(20-3)12(9)19-2)14(4-5-14)7-10(16)17/h6H,4-5,7H2,1-3H3,(H,16,17). The van der Waals surface area contributed by atoms with Gasteiger partial charge < -0.3 is 19.3 Å². The van der Waals surface area contributed by atoms with E-state index in [4.69, 9.17) is 19.3 Å². The van der Waals surface area contributed by atoms with Crippen molar-refractivity contribution in [3.63, 3.8) is 0 Å². The molecule has 0 spiro atoms. The van der Waals surface area contributed by atoms with Gasteiger partial charge in [0, 0.05) is 15.5 Å². The second kappa shape index (κ2) is 5.52. The Morgan fingerprint density at radius 1 is 1.25 bits per heavy atom. The van der Waals surface area contributed by atoms with E-state index < -0.39 is 5.97 Å². The number of aliphatic carboxylic acids is 1. The molecule has 1 saturated carbocycles. The molecule has 6 heteroatoms. The van der Waals surface area contributed by atoms with Crippen LogP contribution in [0.25, 0.3) is 0 Å². The molecule has 0 bridgehead atoms. The Labute approximate surface area is 126 Å². The molecule has 1 N–H and O–H groups in total. The number of carbonyl (C=O) groups is 1. The third kappa shape index (κ3) is 2.44. The first-order chi connectivity index (χ1) is 9.49. The number of carboxylic acid groups (broad SMARTS) is 1. The third-order valence-corrected chi connectivity index (χ3v) is 4.28. The smallest absolute Gasteiger partial charge is 0.304 e. The van der Waals surface area contributed by atoms with Gasteiger partial charge in [0.2, 0.25) is 5.75 Å². The molecule has 0 aliphatic heterocycles. The molecule has 5 nitrogen and oxygen atoms in total. The normalized spacial score (nSPS) is 15.6. The zero-order valence-corrected chi connectivity index (χ0v) is 13.2. The van der Waals surface area contributed by atoms with Crippen LogP contribution in [0, 0.1) is 0 Å². The van der Waals surface area contributed by atoms with Crippen molar-refractivity contribution in [2.75, 3.05) is 21.3 Å². The van der Waals surface area contributed by atoms with Gasteiger partial charge in [-0.15, -0.1) is 0 Å². The quantitative estimate of drug-likeness (QED) is 0.859. The van der Waals surface area contributed by atoms with E-state index >= 15 is 0 Å². The van der Waals surface area contributed by atoms with Crippen LogP contribution in [-0.2, 0) is 10.2 Å². The Morgan fingerprint density at radius 2 is 1.85 bits per heavy atom. The van der Waals surface area contributed by atoms with Crippen LogP contribution in [0.4, 0.5) is 0 Å². The fraction of sp³-hybridized carbons (Fsp3) is 0.500. The number of hydrogen-bond acceptors (Lipinski definition) is 4. The molecule has 110 valence electrons. The van der Waals surface area contributed by atoms with Crippen molar-refractivity contribution in [1.82, 2.24) is 0 Å². The van der Waals surface area contributed by atoms with Crippen LogP contribution >= 0.6 is 15.9 Å². The largest absolute Gasteiger partial charge is 0.493 e. The maximum Gasteiger partial charge on any atom is 0.304 e. The number of hydrogen-bond donors (Lipinski definition) is 1. The number of carboxylic acids is 1. The molecule has 2 rings (SSSR count). The lowest BCUT2D eigenvalue weighted by Crippen LogP contribution is -2.15. The van der Waals surface area contributed by atoms with Crippen molar-refractivity contribution in [2.45, 2.75) is 24.7 Å². The first-order valence-corrected chi connectivity index (χ1v) is 6.99. The van der Waals surface area contributed by atoms with Crippen molar-refractivity contribution in [1.29, 1.82) is 0 Å². The van der Waals surface area contributed by atoms with Crippen molar-refractivity contribution in [3.8, 4) is 17.2 Å². The van der Waals surface area contributed by atoms with E-state index in [9.17, 15) is 4.79 Å². The summed E-state index contributed by atoms with van der Waals surface area (Å²) in [6, 6.07) is 1.79. The summed E-state index contributed by atoms with van der Waals surface area (Å²) in [6.45, 7) is 0. The zero-order valence-electron chi connectivity index (χ0n) is 11.7. The summed E-state index contributed by atoms with van der Waals surface area (Å²) in [4.78, 5) is 11.1. The molecule has 0 heterocycles. The zero-order chi connectivity index (χ0) is 14.9. The predicted octanol–water partition coefficient (Wildman–Crippen LogP) is 2.98. The van der Waals surface area contributed by atoms with E-state index in [1.807, 2.05) is 0 Å². The van der Waals surface area contributed by atoms with Crippen LogP contribution in [0.1, 0.15) is 24.8 Å². The van der Waals surface area contributed by atoms with Crippen LogP contribution in [0.15, 0.2) is 10.5 Å². The van der Waals surface area contributed by atoms with E-state index in [1.54, 1.807) is 20.3 Å². The minimum absolute atomic E-state index is 0.0808. The summed E-state index contributed by atoms with van der Waals surface area (Å²) in [7, 11) is 4.63. The summed E-state index contributed by atoms with van der Waals surface area (Å²) in [5.74, 6) is 0.764. The molecule has 0 unspecified atom stereocenters. The maximum atomic E-state index is 11.1. The molecule has 1 fully saturated rings. The molecule has 0 aromatic heterocycles. The molecule has 0 atom stereocenters. The van der Waals surface area contributed by atoms with E-state index in [2.05, 4.69) is 15.9 Å². The van der Waals surface area contributed by atoms with Crippen LogP contribution in [-0.4, -0.2) is 32.4 Å². The van der Waals surface area contributed by atoms with Crippen molar-refractivity contribution >= 4 is 21.9 Å². The van der Waals surface area contributed by atoms with Crippen molar-refractivity contribution < 1.29 is 24.1 Å². The summed E-state index contributed by atoms with van der Waals surface area (Å²) in [5, 5.41) is 9.12. The SMILES string of the molecule is COc1cc(Br)c(C2(CC(=O)O)CC2)c(OC)c1OC. The van der Waals surface area contributed by atoms with Crippen molar-refractivity contribution in [3.05, 3.63) is 16.1 Å². The van der Waals surface area contributed by atoms with E-state index in [0.29, 0.717) is 17.2 Å². The summed E-state index contributed by atoms with van der Waals surface area (Å²) in [5.41, 5.74) is 0.468. The summed E-state index contributed by atoms with van der Waals surface area (Å²) in [6.07, 6.45) is 1.73. The average molecular weight is 345 g/mol. The Hall–Kier alpha value is -1.43. The Morgan fingerprint density at radius 3 is 2.25 bits per heavy atom. The molecule has 0 saturated heterocycles. The number of methoxy groups -OCH3 is 3. The minimum Gasteiger partial charge on any atom is -0.493 e. The van der Waals surface area contributed by atoms with E-state index in [-0.39, 0.29) is 11.8 Å². The van der Waals surface area contributed by atoms with Crippen LogP contribution < -0.4 is 14.2 Å². The van der Waals surface area contributed by atoms with Gasteiger partial charge in [0.15, 0.2) is 11.5 Å². The van der Waals surface area contributed by atoms with Crippen molar-refractivity contribution in [2.24, 2.45) is 0 Å². The van der Waals surface area contributed by atoms with Gasteiger partial charge in [-0.25, -0.2) is 0 Å². The third-order valence-electron chi connectivity index (χ3n) is 3.66.